The Hall–Kier alpha value is -2.09. The highest BCUT2D eigenvalue weighted by molar-refractivity contribution is 5.74. The topological polar surface area (TPSA) is 20.3 Å². The Balaban J connectivity index is 2.30. The van der Waals surface area contributed by atoms with E-state index in [0.29, 0.717) is 0 Å². The smallest absolute Gasteiger partial charge is 0.220 e. The molecule has 2 heteroatoms. The highest BCUT2D eigenvalue weighted by Crippen LogP contribution is 2.30. The van der Waals surface area contributed by atoms with E-state index in [0.717, 1.165) is 11.1 Å². The lowest BCUT2D eigenvalue weighted by Gasteiger charge is -2.34. The summed E-state index contributed by atoms with van der Waals surface area (Å²) in [5.41, 5.74) is 2.32. The molecule has 2 aromatic carbocycles. The minimum Gasteiger partial charge on any atom is -0.329 e. The fourth-order valence-electron chi connectivity index (χ4n) is 2.67. The monoisotopic (exact) mass is 267 g/mol. The van der Waals surface area contributed by atoms with Crippen molar-refractivity contribution in [3.63, 3.8) is 0 Å². The molecule has 0 saturated carbocycles. The third-order valence-corrected chi connectivity index (χ3v) is 3.76. The summed E-state index contributed by atoms with van der Waals surface area (Å²) in [5, 5.41) is 0. The Morgan fingerprint density at radius 3 is 1.45 bits per heavy atom. The van der Waals surface area contributed by atoms with Gasteiger partial charge in [-0.15, -0.1) is 0 Å². The SMILES string of the molecule is CC(=O)N(C(C)c1ccccc1)C(C)c1ccccc1. The minimum absolute atomic E-state index is 0.0592. The second-order valence-electron chi connectivity index (χ2n) is 5.10. The van der Waals surface area contributed by atoms with E-state index in [4.69, 9.17) is 0 Å². The molecule has 1 amide bonds. The highest BCUT2D eigenvalue weighted by Gasteiger charge is 2.24. The van der Waals surface area contributed by atoms with E-state index < -0.39 is 0 Å². The van der Waals surface area contributed by atoms with Crippen molar-refractivity contribution in [3.05, 3.63) is 71.8 Å². The molecule has 0 saturated heterocycles. The third kappa shape index (κ3) is 3.08. The summed E-state index contributed by atoms with van der Waals surface area (Å²) in [6.07, 6.45) is 0. The molecule has 2 rings (SSSR count). The maximum Gasteiger partial charge on any atom is 0.220 e. The van der Waals surface area contributed by atoms with Crippen LogP contribution in [0.1, 0.15) is 44.0 Å². The van der Waals surface area contributed by atoms with Crippen LogP contribution < -0.4 is 0 Å². The van der Waals surface area contributed by atoms with Crippen LogP contribution in [0.15, 0.2) is 60.7 Å². The third-order valence-electron chi connectivity index (χ3n) is 3.76. The molecule has 0 fully saturated rings. The zero-order valence-electron chi connectivity index (χ0n) is 12.3. The van der Waals surface area contributed by atoms with E-state index in [9.17, 15) is 4.79 Å². The van der Waals surface area contributed by atoms with Crippen molar-refractivity contribution in [2.45, 2.75) is 32.9 Å². The Bertz CT molecular complexity index is 505. The van der Waals surface area contributed by atoms with Crippen molar-refractivity contribution in [1.82, 2.24) is 4.90 Å². The molecular formula is C18H21NO. The average molecular weight is 267 g/mol. The van der Waals surface area contributed by atoms with Gasteiger partial charge in [-0.2, -0.15) is 0 Å². The Kier molecular flexibility index (Phi) is 4.57. The van der Waals surface area contributed by atoms with Gasteiger partial charge in [-0.1, -0.05) is 60.7 Å². The molecule has 2 unspecified atom stereocenters. The van der Waals surface area contributed by atoms with Crippen molar-refractivity contribution in [3.8, 4) is 0 Å². The lowest BCUT2D eigenvalue weighted by molar-refractivity contribution is -0.133. The van der Waals surface area contributed by atoms with Crippen LogP contribution in [-0.2, 0) is 4.79 Å². The van der Waals surface area contributed by atoms with Crippen LogP contribution in [0, 0.1) is 0 Å². The Morgan fingerprint density at radius 1 is 0.800 bits per heavy atom. The summed E-state index contributed by atoms with van der Waals surface area (Å²) < 4.78 is 0. The molecule has 0 N–H and O–H groups in total. The standard InChI is InChI=1S/C18H21NO/c1-14(17-10-6-4-7-11-17)19(16(3)20)15(2)18-12-8-5-9-13-18/h4-15H,1-3H3. The normalized spacial score (nSPS) is 13.6. The highest BCUT2D eigenvalue weighted by atomic mass is 16.2. The molecule has 104 valence electrons. The van der Waals surface area contributed by atoms with E-state index >= 15 is 0 Å². The van der Waals surface area contributed by atoms with Crippen molar-refractivity contribution in [2.75, 3.05) is 0 Å². The van der Waals surface area contributed by atoms with Gasteiger partial charge in [0.2, 0.25) is 5.91 Å². The number of carbonyl (C=O) groups excluding carboxylic acids is 1. The average Bonchev–Trinajstić information content (AvgIpc) is 2.48. The first kappa shape index (κ1) is 14.3. The largest absolute Gasteiger partial charge is 0.329 e. The van der Waals surface area contributed by atoms with E-state index in [1.807, 2.05) is 41.3 Å². The lowest BCUT2D eigenvalue weighted by atomic mass is 10.0. The maximum atomic E-state index is 12.1. The summed E-state index contributed by atoms with van der Waals surface area (Å²) in [5.74, 6) is 0.0951. The fraction of sp³-hybridized carbons (Fsp3) is 0.278. The molecule has 0 aliphatic rings. The summed E-state index contributed by atoms with van der Waals surface area (Å²) in [4.78, 5) is 14.0. The summed E-state index contributed by atoms with van der Waals surface area (Å²) >= 11 is 0. The molecule has 0 bridgehead atoms. The molecule has 2 aromatic rings. The zero-order chi connectivity index (χ0) is 14.5. The first-order valence-electron chi connectivity index (χ1n) is 7.00. The van der Waals surface area contributed by atoms with Gasteiger partial charge in [0.15, 0.2) is 0 Å². The molecule has 2 nitrogen and oxygen atoms in total. The molecule has 20 heavy (non-hydrogen) atoms. The van der Waals surface area contributed by atoms with Crippen LogP contribution in [0.25, 0.3) is 0 Å². The van der Waals surface area contributed by atoms with Crippen molar-refractivity contribution < 1.29 is 4.79 Å². The van der Waals surface area contributed by atoms with Gasteiger partial charge in [-0.25, -0.2) is 0 Å². The number of carbonyl (C=O) groups is 1. The van der Waals surface area contributed by atoms with Crippen LogP contribution in [-0.4, -0.2) is 10.8 Å². The van der Waals surface area contributed by atoms with Gasteiger partial charge in [0, 0.05) is 6.92 Å². The number of nitrogens with zero attached hydrogens (tertiary/aromatic N) is 1. The number of amides is 1. The lowest BCUT2D eigenvalue weighted by Crippen LogP contribution is -2.34. The first-order valence-corrected chi connectivity index (χ1v) is 7.00. The van der Waals surface area contributed by atoms with Gasteiger partial charge in [0.1, 0.15) is 0 Å². The quantitative estimate of drug-likeness (QED) is 0.806. The van der Waals surface area contributed by atoms with Crippen LogP contribution in [0.2, 0.25) is 0 Å². The van der Waals surface area contributed by atoms with Gasteiger partial charge in [0.05, 0.1) is 12.1 Å². The summed E-state index contributed by atoms with van der Waals surface area (Å²) in [6.45, 7) is 5.80. The van der Waals surface area contributed by atoms with Gasteiger partial charge < -0.3 is 4.90 Å². The van der Waals surface area contributed by atoms with Crippen LogP contribution in [0.3, 0.4) is 0 Å². The van der Waals surface area contributed by atoms with E-state index in [1.54, 1.807) is 6.92 Å². The number of hydrogen-bond acceptors (Lipinski definition) is 1. The van der Waals surface area contributed by atoms with E-state index in [2.05, 4.69) is 38.1 Å². The summed E-state index contributed by atoms with van der Waals surface area (Å²) in [6, 6.07) is 20.4. The van der Waals surface area contributed by atoms with Gasteiger partial charge >= 0.3 is 0 Å². The predicted octanol–water partition coefficient (Wildman–Crippen LogP) is 4.36. The number of benzene rings is 2. The molecule has 0 spiro atoms. The Labute approximate surface area is 121 Å². The van der Waals surface area contributed by atoms with Crippen molar-refractivity contribution >= 4 is 5.91 Å². The van der Waals surface area contributed by atoms with E-state index in [-0.39, 0.29) is 18.0 Å². The fourth-order valence-corrected chi connectivity index (χ4v) is 2.67. The number of hydrogen-bond donors (Lipinski definition) is 0. The number of rotatable bonds is 4. The predicted molar refractivity (Wildman–Crippen MR) is 82.2 cm³/mol. The Morgan fingerprint density at radius 2 is 1.15 bits per heavy atom. The molecule has 2 atom stereocenters. The van der Waals surface area contributed by atoms with E-state index in [1.165, 1.54) is 0 Å². The van der Waals surface area contributed by atoms with Crippen molar-refractivity contribution in [1.29, 1.82) is 0 Å². The molecule has 0 aliphatic heterocycles. The maximum absolute atomic E-state index is 12.1. The van der Waals surface area contributed by atoms with Crippen LogP contribution in [0.5, 0.6) is 0 Å². The second kappa shape index (κ2) is 6.38. The molecule has 0 aromatic heterocycles. The molecule has 0 radical (unpaired) electrons. The second-order valence-corrected chi connectivity index (χ2v) is 5.10. The minimum atomic E-state index is 0.0592. The molecule has 0 aliphatic carbocycles. The van der Waals surface area contributed by atoms with Crippen molar-refractivity contribution in [2.24, 2.45) is 0 Å². The molecular weight excluding hydrogens is 246 g/mol. The van der Waals surface area contributed by atoms with Gasteiger partial charge in [-0.05, 0) is 25.0 Å². The van der Waals surface area contributed by atoms with Crippen LogP contribution in [0.4, 0.5) is 0 Å². The first-order chi connectivity index (χ1) is 9.61. The molecule has 0 heterocycles. The van der Waals surface area contributed by atoms with Gasteiger partial charge in [0.25, 0.3) is 0 Å². The zero-order valence-corrected chi connectivity index (χ0v) is 12.3. The van der Waals surface area contributed by atoms with Crippen LogP contribution >= 0.6 is 0 Å². The van der Waals surface area contributed by atoms with Gasteiger partial charge in [-0.3, -0.25) is 4.79 Å². The summed E-state index contributed by atoms with van der Waals surface area (Å²) in [7, 11) is 0.